The van der Waals surface area contributed by atoms with E-state index in [4.69, 9.17) is 11.6 Å². The third-order valence-corrected chi connectivity index (χ3v) is 0.327. The summed E-state index contributed by atoms with van der Waals surface area (Å²) >= 11 is 4.96. The van der Waals surface area contributed by atoms with Crippen LogP contribution in [0.15, 0.2) is 0 Å². The van der Waals surface area contributed by atoms with E-state index in [0.717, 1.165) is 0 Å². The zero-order valence-electron chi connectivity index (χ0n) is 5.20. The van der Waals surface area contributed by atoms with Crippen LogP contribution >= 0.6 is 11.6 Å². The molecule has 0 aliphatic heterocycles. The molecular weight excluding hydrogens is 99.8 g/mol. The second-order valence-corrected chi connectivity index (χ2v) is 0.616. The maximum atomic E-state index is 4.96. The Morgan fingerprint density at radius 1 is 2.00 bits per heavy atom. The Labute approximate surface area is 55.8 Å². The molecule has 5 heavy (non-hydrogen) atoms. The molecule has 0 unspecified atom stereocenters. The van der Waals surface area contributed by atoms with Gasteiger partial charge in [-0.15, -0.1) is 0 Å². The molecule has 0 aromatic carbocycles. The Kier molecular flexibility index (Phi) is 16.7. The summed E-state index contributed by atoms with van der Waals surface area (Å²) < 4.78 is 4.31. The maximum absolute atomic E-state index is 4.96. The van der Waals surface area contributed by atoms with Crippen LogP contribution in [-0.2, 0) is 4.74 Å². The van der Waals surface area contributed by atoms with Gasteiger partial charge in [0.25, 0.3) is 0 Å². The first-order chi connectivity index (χ1) is 1.91. The number of ether oxygens (including phenoxy) is 1. The molecule has 0 radical (unpaired) electrons. The Morgan fingerprint density at radius 3 is 2.20 bits per heavy atom. The maximum Gasteiger partial charge on any atom is 2.00 e. The van der Waals surface area contributed by atoms with E-state index in [9.17, 15) is 0 Å². The third-order valence-electron chi connectivity index (χ3n) is 0.109. The van der Waals surface area contributed by atoms with Gasteiger partial charge in [-0.05, 0) is 0 Å². The van der Waals surface area contributed by atoms with Crippen molar-refractivity contribution < 1.29 is 7.59 Å². The molecule has 0 rings (SSSR count). The van der Waals surface area contributed by atoms with Crippen LogP contribution < -0.4 is 0 Å². The van der Waals surface area contributed by atoms with Crippen LogP contribution in [0, 0.1) is 0 Å². The average Bonchev–Trinajstić information content (AvgIpc) is 1.37. The van der Waals surface area contributed by atoms with Crippen molar-refractivity contribution in [1.82, 2.24) is 0 Å². The van der Waals surface area contributed by atoms with Gasteiger partial charge in [0, 0.05) is 7.11 Å². The van der Waals surface area contributed by atoms with E-state index in [0.29, 0.717) is 6.07 Å². The summed E-state index contributed by atoms with van der Waals surface area (Å²) in [5.41, 5.74) is 0. The van der Waals surface area contributed by atoms with Gasteiger partial charge < -0.3 is 7.59 Å². The molecule has 0 amide bonds. The van der Waals surface area contributed by atoms with Crippen molar-refractivity contribution in [3.8, 4) is 0 Å². The van der Waals surface area contributed by atoms with Crippen molar-refractivity contribution in [2.24, 2.45) is 0 Å². The fraction of sp³-hybridized carbons (Fsp3) is 1.00. The van der Waals surface area contributed by atoms with Crippen molar-refractivity contribution in [1.29, 1.82) is 0 Å². The van der Waals surface area contributed by atoms with Crippen LogP contribution in [0.2, 0.25) is 0 Å². The van der Waals surface area contributed by atoms with E-state index in [2.05, 4.69) is 4.74 Å². The molecule has 0 aromatic heterocycles. The Bertz CT molecular complexity index is 17.7. The second-order valence-electron chi connectivity index (χ2n) is 0.398. The first kappa shape index (κ1) is 9.39. The molecule has 3 heteroatoms. The van der Waals surface area contributed by atoms with Crippen LogP contribution in [0.3, 0.4) is 0 Å². The summed E-state index contributed by atoms with van der Waals surface area (Å²) in [7, 11) is 1.55. The number of methoxy groups -OCH3 is 1. The molecular formula is C2H7ClMgO. The molecule has 0 aliphatic rings. The van der Waals surface area contributed by atoms with Crippen LogP contribution in [0.25, 0.3) is 0 Å². The number of alkyl halides is 1. The van der Waals surface area contributed by atoms with E-state index in [1.807, 2.05) is 0 Å². The molecule has 0 aromatic rings. The minimum atomic E-state index is 0. The van der Waals surface area contributed by atoms with Gasteiger partial charge in [0.2, 0.25) is 0 Å². The minimum absolute atomic E-state index is 0. The summed E-state index contributed by atoms with van der Waals surface area (Å²) in [6.07, 6.45) is 0. The average molecular weight is 107 g/mol. The van der Waals surface area contributed by atoms with Crippen molar-refractivity contribution >= 4 is 34.7 Å². The summed E-state index contributed by atoms with van der Waals surface area (Å²) in [6.45, 7) is 0. The van der Waals surface area contributed by atoms with Gasteiger partial charge in [-0.3, -0.25) is 0 Å². The summed E-state index contributed by atoms with van der Waals surface area (Å²) in [4.78, 5) is 0. The third kappa shape index (κ3) is 11.2. The van der Waals surface area contributed by atoms with Crippen LogP contribution in [0.4, 0.5) is 0 Å². The van der Waals surface area contributed by atoms with Gasteiger partial charge in [-0.2, -0.15) is 0 Å². The SMILES string of the molecule is COCCl.[H-].[H-].[Mg+2]. The summed E-state index contributed by atoms with van der Waals surface area (Å²) in [6, 6.07) is 0.292. The predicted molar refractivity (Wildman–Crippen MR) is 25.7 cm³/mol. The van der Waals surface area contributed by atoms with Gasteiger partial charge in [-0.25, -0.2) is 0 Å². The molecule has 0 heterocycles. The van der Waals surface area contributed by atoms with Gasteiger partial charge in [-0.1, -0.05) is 11.6 Å². The first-order valence-corrected chi connectivity index (χ1v) is 1.50. The van der Waals surface area contributed by atoms with Crippen molar-refractivity contribution in [3.63, 3.8) is 0 Å². The zero-order valence-corrected chi connectivity index (χ0v) is 5.37. The number of halogens is 1. The molecule has 0 N–H and O–H groups in total. The molecule has 30 valence electrons. The topological polar surface area (TPSA) is 9.23 Å². The molecule has 0 atom stereocenters. The first-order valence-electron chi connectivity index (χ1n) is 0.964. The Balaban J connectivity index is -0.0000000150. The van der Waals surface area contributed by atoms with Crippen LogP contribution in [-0.4, -0.2) is 36.2 Å². The molecule has 0 saturated carbocycles. The van der Waals surface area contributed by atoms with Crippen LogP contribution in [0.1, 0.15) is 2.85 Å². The van der Waals surface area contributed by atoms with E-state index >= 15 is 0 Å². The van der Waals surface area contributed by atoms with E-state index in [1.165, 1.54) is 0 Å². The van der Waals surface area contributed by atoms with Gasteiger partial charge >= 0.3 is 23.1 Å². The molecule has 0 saturated heterocycles. The zero-order chi connectivity index (χ0) is 3.41. The van der Waals surface area contributed by atoms with Gasteiger partial charge in [0.05, 0.1) is 0 Å². The van der Waals surface area contributed by atoms with E-state index in [-0.39, 0.29) is 25.9 Å². The molecule has 0 spiro atoms. The molecule has 1 nitrogen and oxygen atoms in total. The van der Waals surface area contributed by atoms with E-state index < -0.39 is 0 Å². The summed E-state index contributed by atoms with van der Waals surface area (Å²) in [5.74, 6) is 0. The van der Waals surface area contributed by atoms with Crippen LogP contribution in [0.5, 0.6) is 0 Å². The standard InChI is InChI=1S/C2H5ClO.Mg.2H/c1-4-2-3;;;/h2H2,1H3;;;/q;+2;2*-1. The number of rotatable bonds is 1. The van der Waals surface area contributed by atoms with Crippen molar-refractivity contribution in [2.45, 2.75) is 0 Å². The number of hydrogen-bond acceptors (Lipinski definition) is 1. The fourth-order valence-corrected chi connectivity index (χ4v) is 0. The monoisotopic (exact) mass is 106 g/mol. The molecule has 0 fully saturated rings. The Hall–Kier alpha value is 1.02. The Morgan fingerprint density at radius 2 is 2.20 bits per heavy atom. The summed E-state index contributed by atoms with van der Waals surface area (Å²) in [5, 5.41) is 0. The molecule has 0 aliphatic carbocycles. The number of hydrogen-bond donors (Lipinski definition) is 0. The van der Waals surface area contributed by atoms with Gasteiger partial charge in [0.15, 0.2) is 0 Å². The van der Waals surface area contributed by atoms with E-state index in [1.54, 1.807) is 7.11 Å². The smallest absolute Gasteiger partial charge is 1.00 e. The molecule has 0 bridgehead atoms. The normalized spacial score (nSPS) is 6.00. The minimum Gasteiger partial charge on any atom is -1.00 e. The van der Waals surface area contributed by atoms with Crippen molar-refractivity contribution in [3.05, 3.63) is 0 Å². The largest absolute Gasteiger partial charge is 2.00 e. The van der Waals surface area contributed by atoms with Gasteiger partial charge in [0.1, 0.15) is 6.07 Å². The fourth-order valence-electron chi connectivity index (χ4n) is 0. The quantitative estimate of drug-likeness (QED) is 0.353. The predicted octanol–water partition coefficient (Wildman–Crippen LogP) is 0.673. The van der Waals surface area contributed by atoms with Crippen molar-refractivity contribution in [2.75, 3.05) is 13.2 Å². The second kappa shape index (κ2) is 8.89.